The number of nitrogens with one attached hydrogen (secondary N) is 1. The van der Waals surface area contributed by atoms with E-state index in [-0.39, 0.29) is 17.7 Å². The van der Waals surface area contributed by atoms with Crippen molar-refractivity contribution in [3.8, 4) is 6.07 Å². The van der Waals surface area contributed by atoms with E-state index in [0.717, 1.165) is 5.69 Å². The maximum atomic E-state index is 11.2. The smallest absolute Gasteiger partial charge is 0.238 e. The lowest BCUT2D eigenvalue weighted by atomic mass is 9.91. The summed E-state index contributed by atoms with van der Waals surface area (Å²) in [7, 11) is 0. The van der Waals surface area contributed by atoms with Gasteiger partial charge in [0.15, 0.2) is 0 Å². The van der Waals surface area contributed by atoms with E-state index < -0.39 is 0 Å². The maximum absolute atomic E-state index is 11.2. The standard InChI is InChI=1S/C12H15N3O/c1-12(2,3)10-8-9(5-7-14-10)15-11(16)4-6-13/h5,7-8H,4H2,1-3H3,(H,14,15,16). The Morgan fingerprint density at radius 1 is 1.56 bits per heavy atom. The number of carbonyl (C=O) groups is 1. The number of amides is 1. The van der Waals surface area contributed by atoms with Gasteiger partial charge in [-0.3, -0.25) is 9.78 Å². The molecular formula is C12H15N3O. The first-order valence-electron chi connectivity index (χ1n) is 5.07. The number of carbonyl (C=O) groups excluding carboxylic acids is 1. The number of anilines is 1. The predicted octanol–water partition coefficient (Wildman–Crippen LogP) is 2.23. The van der Waals surface area contributed by atoms with Crippen molar-refractivity contribution in [1.29, 1.82) is 5.26 Å². The molecule has 4 nitrogen and oxygen atoms in total. The van der Waals surface area contributed by atoms with Crippen LogP contribution in [0, 0.1) is 11.3 Å². The van der Waals surface area contributed by atoms with Crippen molar-refractivity contribution < 1.29 is 4.79 Å². The average molecular weight is 217 g/mol. The lowest BCUT2D eigenvalue weighted by molar-refractivity contribution is -0.115. The van der Waals surface area contributed by atoms with Gasteiger partial charge in [0.2, 0.25) is 5.91 Å². The van der Waals surface area contributed by atoms with Crippen LogP contribution in [0.1, 0.15) is 32.9 Å². The molecule has 1 heterocycles. The molecule has 1 N–H and O–H groups in total. The van der Waals surface area contributed by atoms with Gasteiger partial charge in [-0.25, -0.2) is 0 Å². The van der Waals surface area contributed by atoms with Crippen LogP contribution in [-0.4, -0.2) is 10.9 Å². The van der Waals surface area contributed by atoms with Gasteiger partial charge in [-0.1, -0.05) is 20.8 Å². The van der Waals surface area contributed by atoms with E-state index in [1.165, 1.54) is 0 Å². The number of pyridine rings is 1. The summed E-state index contributed by atoms with van der Waals surface area (Å²) in [5, 5.41) is 11.0. The Bertz CT molecular complexity index is 427. The van der Waals surface area contributed by atoms with Gasteiger partial charge in [-0.05, 0) is 12.1 Å². The molecule has 0 radical (unpaired) electrons. The lowest BCUT2D eigenvalue weighted by Gasteiger charge is -2.18. The second-order valence-corrected chi connectivity index (χ2v) is 4.56. The fourth-order valence-electron chi connectivity index (χ4n) is 1.20. The van der Waals surface area contributed by atoms with Gasteiger partial charge in [-0.15, -0.1) is 0 Å². The molecule has 0 aromatic carbocycles. The summed E-state index contributed by atoms with van der Waals surface area (Å²) in [5.41, 5.74) is 1.53. The normalized spacial score (nSPS) is 10.6. The Kier molecular flexibility index (Phi) is 3.62. The summed E-state index contributed by atoms with van der Waals surface area (Å²) >= 11 is 0. The molecule has 0 spiro atoms. The second kappa shape index (κ2) is 4.75. The van der Waals surface area contributed by atoms with Gasteiger partial charge in [0.05, 0.1) is 6.07 Å². The van der Waals surface area contributed by atoms with Gasteiger partial charge in [0, 0.05) is 23.0 Å². The van der Waals surface area contributed by atoms with E-state index in [2.05, 4.69) is 31.1 Å². The van der Waals surface area contributed by atoms with E-state index in [4.69, 9.17) is 5.26 Å². The van der Waals surface area contributed by atoms with Crippen molar-refractivity contribution in [2.75, 3.05) is 5.32 Å². The minimum absolute atomic E-state index is 0.0596. The summed E-state index contributed by atoms with van der Waals surface area (Å²) in [4.78, 5) is 15.5. The number of nitriles is 1. The second-order valence-electron chi connectivity index (χ2n) is 4.56. The quantitative estimate of drug-likeness (QED) is 0.826. The van der Waals surface area contributed by atoms with E-state index in [1.807, 2.05) is 6.07 Å². The van der Waals surface area contributed by atoms with Crippen LogP contribution >= 0.6 is 0 Å². The Hall–Kier alpha value is -1.89. The number of hydrogen-bond donors (Lipinski definition) is 1. The Labute approximate surface area is 95.3 Å². The Morgan fingerprint density at radius 3 is 2.81 bits per heavy atom. The van der Waals surface area contributed by atoms with E-state index in [0.29, 0.717) is 5.69 Å². The van der Waals surface area contributed by atoms with Gasteiger partial charge in [0.1, 0.15) is 6.42 Å². The molecule has 1 rings (SSSR count). The van der Waals surface area contributed by atoms with Gasteiger partial charge in [-0.2, -0.15) is 5.26 Å². The minimum Gasteiger partial charge on any atom is -0.325 e. The summed E-state index contributed by atoms with van der Waals surface area (Å²) in [5.74, 6) is -0.298. The molecule has 84 valence electrons. The summed E-state index contributed by atoms with van der Waals surface area (Å²) < 4.78 is 0. The first-order valence-corrected chi connectivity index (χ1v) is 5.07. The first-order chi connectivity index (χ1) is 7.43. The van der Waals surface area contributed by atoms with E-state index in [1.54, 1.807) is 18.3 Å². The molecule has 0 saturated heterocycles. The highest BCUT2D eigenvalue weighted by Crippen LogP contribution is 2.22. The zero-order valence-corrected chi connectivity index (χ0v) is 9.74. The topological polar surface area (TPSA) is 65.8 Å². The number of aromatic nitrogens is 1. The highest BCUT2D eigenvalue weighted by atomic mass is 16.1. The molecule has 0 bridgehead atoms. The molecule has 0 fully saturated rings. The van der Waals surface area contributed by atoms with Gasteiger partial charge >= 0.3 is 0 Å². The average Bonchev–Trinajstić information content (AvgIpc) is 2.17. The molecule has 0 unspecified atom stereocenters. The molecule has 0 aliphatic rings. The van der Waals surface area contributed by atoms with Crippen LogP contribution in [0.2, 0.25) is 0 Å². The monoisotopic (exact) mass is 217 g/mol. The zero-order valence-electron chi connectivity index (χ0n) is 9.74. The van der Waals surface area contributed by atoms with Crippen molar-refractivity contribution in [2.24, 2.45) is 0 Å². The highest BCUT2D eigenvalue weighted by Gasteiger charge is 2.15. The molecule has 0 aliphatic heterocycles. The predicted molar refractivity (Wildman–Crippen MR) is 61.8 cm³/mol. The molecule has 0 atom stereocenters. The molecule has 0 saturated carbocycles. The third-order valence-corrected chi connectivity index (χ3v) is 2.05. The molecule has 16 heavy (non-hydrogen) atoms. The molecule has 1 amide bonds. The van der Waals surface area contributed by atoms with Crippen LogP contribution in [0.3, 0.4) is 0 Å². The van der Waals surface area contributed by atoms with Crippen molar-refractivity contribution in [3.05, 3.63) is 24.0 Å². The fraction of sp³-hybridized carbons (Fsp3) is 0.417. The molecule has 0 aliphatic carbocycles. The van der Waals surface area contributed by atoms with Crippen LogP contribution in [0.4, 0.5) is 5.69 Å². The number of rotatable bonds is 2. The van der Waals surface area contributed by atoms with Crippen LogP contribution in [0.5, 0.6) is 0 Å². The number of hydrogen-bond acceptors (Lipinski definition) is 3. The third-order valence-electron chi connectivity index (χ3n) is 2.05. The molecule has 4 heteroatoms. The Balaban J connectivity index is 2.84. The minimum atomic E-state index is -0.298. The van der Waals surface area contributed by atoms with Crippen LogP contribution in [-0.2, 0) is 10.2 Å². The Morgan fingerprint density at radius 2 is 2.25 bits per heavy atom. The summed E-state index contributed by atoms with van der Waals surface area (Å²) in [6, 6.07) is 5.35. The SMILES string of the molecule is CC(C)(C)c1cc(NC(=O)CC#N)ccn1. The van der Waals surface area contributed by atoms with Crippen molar-refractivity contribution >= 4 is 11.6 Å². The fourth-order valence-corrected chi connectivity index (χ4v) is 1.20. The van der Waals surface area contributed by atoms with E-state index in [9.17, 15) is 4.79 Å². The summed E-state index contributed by atoms with van der Waals surface area (Å²) in [6.45, 7) is 6.16. The van der Waals surface area contributed by atoms with Crippen LogP contribution in [0.15, 0.2) is 18.3 Å². The third kappa shape index (κ3) is 3.35. The molecular weight excluding hydrogens is 202 g/mol. The largest absolute Gasteiger partial charge is 0.325 e. The molecule has 1 aromatic heterocycles. The lowest BCUT2D eigenvalue weighted by Crippen LogP contribution is -2.15. The van der Waals surface area contributed by atoms with Gasteiger partial charge < -0.3 is 5.32 Å². The summed E-state index contributed by atoms with van der Waals surface area (Å²) in [6.07, 6.45) is 1.52. The zero-order chi connectivity index (χ0) is 12.2. The van der Waals surface area contributed by atoms with Gasteiger partial charge in [0.25, 0.3) is 0 Å². The van der Waals surface area contributed by atoms with E-state index >= 15 is 0 Å². The van der Waals surface area contributed by atoms with Crippen LogP contribution < -0.4 is 5.32 Å². The number of nitrogens with zero attached hydrogens (tertiary/aromatic N) is 2. The molecule has 1 aromatic rings. The van der Waals surface area contributed by atoms with Crippen molar-refractivity contribution in [3.63, 3.8) is 0 Å². The van der Waals surface area contributed by atoms with Crippen LogP contribution in [0.25, 0.3) is 0 Å². The maximum Gasteiger partial charge on any atom is 0.238 e. The van der Waals surface area contributed by atoms with Crippen molar-refractivity contribution in [2.45, 2.75) is 32.6 Å². The first kappa shape index (κ1) is 12.2. The highest BCUT2D eigenvalue weighted by molar-refractivity contribution is 5.91. The van der Waals surface area contributed by atoms with Crippen molar-refractivity contribution in [1.82, 2.24) is 4.98 Å².